The van der Waals surface area contributed by atoms with E-state index in [1.807, 2.05) is 0 Å². The van der Waals surface area contributed by atoms with Gasteiger partial charge in [-0.3, -0.25) is 4.79 Å². The van der Waals surface area contributed by atoms with Crippen molar-refractivity contribution in [2.45, 2.75) is 62.9 Å². The van der Waals surface area contributed by atoms with Crippen LogP contribution in [0.3, 0.4) is 0 Å². The van der Waals surface area contributed by atoms with Crippen molar-refractivity contribution < 1.29 is 14.7 Å². The van der Waals surface area contributed by atoms with Crippen LogP contribution in [0.15, 0.2) is 0 Å². The summed E-state index contributed by atoms with van der Waals surface area (Å²) in [5.41, 5.74) is 4.85. The quantitative estimate of drug-likeness (QED) is 0.683. The summed E-state index contributed by atoms with van der Waals surface area (Å²) in [6.07, 6.45) is 6.28. The maximum atomic E-state index is 11.9. The molecule has 0 aromatic heterocycles. The highest BCUT2D eigenvalue weighted by Gasteiger charge is 2.41. The Morgan fingerprint density at radius 1 is 1.28 bits per heavy atom. The van der Waals surface area contributed by atoms with Crippen molar-refractivity contribution in [1.82, 2.24) is 5.32 Å². The molecule has 5 nitrogen and oxygen atoms in total. The minimum atomic E-state index is -1.04. The molecule has 0 radical (unpaired) electrons. The van der Waals surface area contributed by atoms with Crippen LogP contribution in [-0.2, 0) is 9.59 Å². The first-order valence-corrected chi connectivity index (χ1v) is 6.83. The van der Waals surface area contributed by atoms with Gasteiger partial charge in [0.05, 0.1) is 0 Å². The monoisotopic (exact) mass is 254 g/mol. The van der Waals surface area contributed by atoms with Gasteiger partial charge in [-0.2, -0.15) is 0 Å². The van der Waals surface area contributed by atoms with Crippen LogP contribution in [0.5, 0.6) is 0 Å². The van der Waals surface area contributed by atoms with E-state index < -0.39 is 11.5 Å². The van der Waals surface area contributed by atoms with E-state index in [1.165, 1.54) is 0 Å². The number of rotatable bonds is 5. The normalized spacial score (nSPS) is 24.3. The van der Waals surface area contributed by atoms with Crippen LogP contribution in [0.2, 0.25) is 0 Å². The summed E-state index contributed by atoms with van der Waals surface area (Å²) in [6.45, 7) is 0. The average Bonchev–Trinajstić information content (AvgIpc) is 3.13. The molecule has 102 valence electrons. The SMILES string of the molecule is NC(CC(=O)NC1(C(=O)O)CCCCC1)C1CC1. The standard InChI is InChI=1S/C13H22N2O3/c14-10(9-4-5-9)8-11(16)15-13(12(17)18)6-2-1-3-7-13/h9-10H,1-8,14H2,(H,15,16)(H,17,18). The van der Waals surface area contributed by atoms with E-state index in [9.17, 15) is 14.7 Å². The first kappa shape index (κ1) is 13.3. The molecule has 1 atom stereocenters. The molecule has 4 N–H and O–H groups in total. The molecule has 1 unspecified atom stereocenters. The lowest BCUT2D eigenvalue weighted by atomic mass is 9.81. The predicted molar refractivity (Wildman–Crippen MR) is 66.9 cm³/mol. The Labute approximate surface area is 107 Å². The molecule has 0 saturated heterocycles. The predicted octanol–water partition coefficient (Wildman–Crippen LogP) is 1.02. The topological polar surface area (TPSA) is 92.4 Å². The van der Waals surface area contributed by atoms with E-state index >= 15 is 0 Å². The fourth-order valence-electron chi connectivity index (χ4n) is 2.77. The molecule has 0 bridgehead atoms. The largest absolute Gasteiger partial charge is 0.480 e. The van der Waals surface area contributed by atoms with Crippen molar-refractivity contribution in [2.75, 3.05) is 0 Å². The van der Waals surface area contributed by atoms with E-state index in [4.69, 9.17) is 5.73 Å². The lowest BCUT2D eigenvalue weighted by Gasteiger charge is -2.34. The molecule has 18 heavy (non-hydrogen) atoms. The fourth-order valence-corrected chi connectivity index (χ4v) is 2.77. The molecule has 5 heteroatoms. The van der Waals surface area contributed by atoms with Crippen LogP contribution in [0.1, 0.15) is 51.4 Å². The Bertz CT molecular complexity index is 333. The first-order chi connectivity index (χ1) is 8.53. The third-order valence-electron chi connectivity index (χ3n) is 4.14. The zero-order chi connectivity index (χ0) is 13.2. The van der Waals surface area contributed by atoms with E-state index in [1.54, 1.807) is 0 Å². The van der Waals surface area contributed by atoms with Crippen LogP contribution in [0.25, 0.3) is 0 Å². The second-order valence-electron chi connectivity index (χ2n) is 5.70. The number of aliphatic carboxylic acids is 1. The average molecular weight is 254 g/mol. The molecular formula is C13H22N2O3. The van der Waals surface area contributed by atoms with Crippen LogP contribution < -0.4 is 11.1 Å². The van der Waals surface area contributed by atoms with Gasteiger partial charge in [0.1, 0.15) is 5.54 Å². The van der Waals surface area contributed by atoms with Gasteiger partial charge in [0, 0.05) is 12.5 Å². The van der Waals surface area contributed by atoms with Gasteiger partial charge >= 0.3 is 5.97 Å². The number of hydrogen-bond acceptors (Lipinski definition) is 3. The summed E-state index contributed by atoms with van der Waals surface area (Å²) < 4.78 is 0. The van der Waals surface area contributed by atoms with Crippen molar-refractivity contribution >= 4 is 11.9 Å². The highest BCUT2D eigenvalue weighted by atomic mass is 16.4. The van der Waals surface area contributed by atoms with Crippen LogP contribution in [0, 0.1) is 5.92 Å². The summed E-state index contributed by atoms with van der Waals surface area (Å²) in [5.74, 6) is -0.655. The number of hydrogen-bond donors (Lipinski definition) is 3. The fraction of sp³-hybridized carbons (Fsp3) is 0.846. The third-order valence-corrected chi connectivity index (χ3v) is 4.14. The van der Waals surface area contributed by atoms with Crippen LogP contribution in [-0.4, -0.2) is 28.6 Å². The minimum Gasteiger partial charge on any atom is -0.480 e. The van der Waals surface area contributed by atoms with Gasteiger partial charge in [-0.25, -0.2) is 4.79 Å². The number of carbonyl (C=O) groups is 2. The molecule has 1 amide bonds. The Morgan fingerprint density at radius 2 is 1.89 bits per heavy atom. The van der Waals surface area contributed by atoms with E-state index in [2.05, 4.69) is 5.32 Å². The van der Waals surface area contributed by atoms with E-state index in [0.717, 1.165) is 32.1 Å². The smallest absolute Gasteiger partial charge is 0.329 e. The number of carboxylic acid groups (broad SMARTS) is 1. The second-order valence-corrected chi connectivity index (χ2v) is 5.70. The van der Waals surface area contributed by atoms with Crippen molar-refractivity contribution in [3.8, 4) is 0 Å². The second kappa shape index (κ2) is 5.26. The van der Waals surface area contributed by atoms with Crippen molar-refractivity contribution in [1.29, 1.82) is 0 Å². The molecule has 0 aromatic carbocycles. The van der Waals surface area contributed by atoms with Crippen molar-refractivity contribution in [2.24, 2.45) is 11.7 Å². The highest BCUT2D eigenvalue weighted by molar-refractivity contribution is 5.87. The van der Waals surface area contributed by atoms with Crippen molar-refractivity contribution in [3.63, 3.8) is 0 Å². The molecule has 0 aliphatic heterocycles. The summed E-state index contributed by atoms with van der Waals surface area (Å²) in [4.78, 5) is 23.3. The lowest BCUT2D eigenvalue weighted by molar-refractivity contribution is -0.149. The Kier molecular flexibility index (Phi) is 3.90. The number of carbonyl (C=O) groups excluding carboxylic acids is 1. The first-order valence-electron chi connectivity index (χ1n) is 6.83. The summed E-state index contributed by atoms with van der Waals surface area (Å²) in [7, 11) is 0. The van der Waals surface area contributed by atoms with Gasteiger partial charge in [-0.1, -0.05) is 19.3 Å². The number of nitrogens with two attached hydrogens (primary N) is 1. The van der Waals surface area contributed by atoms with Crippen molar-refractivity contribution in [3.05, 3.63) is 0 Å². The number of nitrogens with one attached hydrogen (secondary N) is 1. The molecule has 0 aromatic rings. The zero-order valence-corrected chi connectivity index (χ0v) is 10.7. The molecule has 0 spiro atoms. The van der Waals surface area contributed by atoms with Gasteiger partial charge in [-0.15, -0.1) is 0 Å². The zero-order valence-electron chi connectivity index (χ0n) is 10.7. The Hall–Kier alpha value is -1.10. The van der Waals surface area contributed by atoms with Crippen LogP contribution >= 0.6 is 0 Å². The highest BCUT2D eigenvalue weighted by Crippen LogP contribution is 2.33. The molecule has 0 heterocycles. The molecule has 2 aliphatic carbocycles. The molecular weight excluding hydrogens is 232 g/mol. The maximum absolute atomic E-state index is 11.9. The number of amides is 1. The molecule has 2 fully saturated rings. The lowest BCUT2D eigenvalue weighted by Crippen LogP contribution is -2.56. The van der Waals surface area contributed by atoms with Crippen LogP contribution in [0.4, 0.5) is 0 Å². The van der Waals surface area contributed by atoms with E-state index in [0.29, 0.717) is 18.8 Å². The molecule has 2 aliphatic rings. The molecule has 2 rings (SSSR count). The number of carboxylic acids is 1. The van der Waals surface area contributed by atoms with E-state index in [-0.39, 0.29) is 18.4 Å². The van der Waals surface area contributed by atoms with Gasteiger partial charge < -0.3 is 16.2 Å². The van der Waals surface area contributed by atoms with Gasteiger partial charge in [0.2, 0.25) is 5.91 Å². The Morgan fingerprint density at radius 3 is 2.39 bits per heavy atom. The van der Waals surface area contributed by atoms with Gasteiger partial charge in [-0.05, 0) is 31.6 Å². The maximum Gasteiger partial charge on any atom is 0.329 e. The summed E-state index contributed by atoms with van der Waals surface area (Å²) >= 11 is 0. The minimum absolute atomic E-state index is 0.112. The Balaban J connectivity index is 1.91. The van der Waals surface area contributed by atoms with Gasteiger partial charge in [0.15, 0.2) is 0 Å². The van der Waals surface area contributed by atoms with Gasteiger partial charge in [0.25, 0.3) is 0 Å². The summed E-state index contributed by atoms with van der Waals surface area (Å²) in [5, 5.41) is 12.1. The molecule has 2 saturated carbocycles. The third kappa shape index (κ3) is 3.02. The summed E-state index contributed by atoms with van der Waals surface area (Å²) in [6, 6.07) is -0.112.